The molecular weight excluding hydrogens is 317 g/mol. The molecule has 0 aliphatic carbocycles. The maximum atomic E-state index is 13.6. The summed E-state index contributed by atoms with van der Waals surface area (Å²) >= 11 is 0. The van der Waals surface area contributed by atoms with Crippen LogP contribution < -0.4 is 10.6 Å². The Morgan fingerprint density at radius 2 is 1.76 bits per heavy atom. The zero-order chi connectivity index (χ0) is 17.7. The smallest absolute Gasteiger partial charge is 0.191 e. The molecule has 0 bridgehead atoms. The van der Waals surface area contributed by atoms with Crippen LogP contribution in [0.3, 0.4) is 0 Å². The summed E-state index contributed by atoms with van der Waals surface area (Å²) in [5.74, 6) is 0.449. The van der Waals surface area contributed by atoms with E-state index in [1.807, 2.05) is 24.3 Å². The SMILES string of the molecule is CN=C(NCCCOCCc1ccccc1)NCc1ccccc1F. The van der Waals surface area contributed by atoms with Crippen LogP contribution in [0.1, 0.15) is 17.5 Å². The van der Waals surface area contributed by atoms with Crippen molar-refractivity contribution in [2.75, 3.05) is 26.8 Å². The number of rotatable bonds is 9. The Morgan fingerprint density at radius 1 is 1.00 bits per heavy atom. The molecule has 25 heavy (non-hydrogen) atoms. The Labute approximate surface area is 149 Å². The Kier molecular flexibility index (Phi) is 8.49. The van der Waals surface area contributed by atoms with Crippen LogP contribution >= 0.6 is 0 Å². The number of nitrogens with one attached hydrogen (secondary N) is 2. The van der Waals surface area contributed by atoms with Crippen molar-refractivity contribution in [1.29, 1.82) is 0 Å². The summed E-state index contributed by atoms with van der Waals surface area (Å²) in [4.78, 5) is 4.14. The number of nitrogens with zero attached hydrogens (tertiary/aromatic N) is 1. The molecule has 0 saturated carbocycles. The van der Waals surface area contributed by atoms with Gasteiger partial charge < -0.3 is 15.4 Å². The van der Waals surface area contributed by atoms with Crippen LogP contribution in [0.4, 0.5) is 4.39 Å². The molecule has 0 atom stereocenters. The van der Waals surface area contributed by atoms with Gasteiger partial charge in [0.15, 0.2) is 5.96 Å². The van der Waals surface area contributed by atoms with Crippen molar-refractivity contribution in [2.24, 2.45) is 4.99 Å². The van der Waals surface area contributed by atoms with E-state index in [1.165, 1.54) is 11.6 Å². The molecule has 0 heterocycles. The number of ether oxygens (including phenoxy) is 1. The van der Waals surface area contributed by atoms with E-state index >= 15 is 0 Å². The normalized spacial score (nSPS) is 11.4. The number of guanidine groups is 1. The standard InChI is InChI=1S/C20H26FN3O/c1-22-20(24-16-18-10-5-6-11-19(18)21)23-13-7-14-25-15-12-17-8-3-2-4-9-17/h2-6,8-11H,7,12-16H2,1H3,(H2,22,23,24). The summed E-state index contributed by atoms with van der Waals surface area (Å²) in [7, 11) is 1.70. The van der Waals surface area contributed by atoms with Gasteiger partial charge >= 0.3 is 0 Å². The fourth-order valence-corrected chi connectivity index (χ4v) is 2.36. The average molecular weight is 343 g/mol. The minimum Gasteiger partial charge on any atom is -0.381 e. The van der Waals surface area contributed by atoms with E-state index in [0.29, 0.717) is 24.7 Å². The van der Waals surface area contributed by atoms with Gasteiger partial charge in [-0.3, -0.25) is 4.99 Å². The van der Waals surface area contributed by atoms with Crippen molar-refractivity contribution in [3.8, 4) is 0 Å². The first kappa shape index (κ1) is 18.9. The van der Waals surface area contributed by atoms with Gasteiger partial charge in [0.2, 0.25) is 0 Å². The zero-order valence-electron chi connectivity index (χ0n) is 14.7. The predicted molar refractivity (Wildman–Crippen MR) is 100 cm³/mol. The summed E-state index contributed by atoms with van der Waals surface area (Å²) in [5.41, 5.74) is 1.91. The quantitative estimate of drug-likeness (QED) is 0.418. The zero-order valence-corrected chi connectivity index (χ0v) is 14.7. The highest BCUT2D eigenvalue weighted by atomic mass is 19.1. The van der Waals surface area contributed by atoms with E-state index in [-0.39, 0.29) is 5.82 Å². The van der Waals surface area contributed by atoms with Crippen molar-refractivity contribution >= 4 is 5.96 Å². The van der Waals surface area contributed by atoms with Crippen molar-refractivity contribution in [2.45, 2.75) is 19.4 Å². The van der Waals surface area contributed by atoms with Crippen LogP contribution in [0.5, 0.6) is 0 Å². The van der Waals surface area contributed by atoms with Gasteiger partial charge in [-0.2, -0.15) is 0 Å². The Hall–Kier alpha value is -2.40. The molecular formula is C20H26FN3O. The van der Waals surface area contributed by atoms with Gasteiger partial charge in [-0.15, -0.1) is 0 Å². The van der Waals surface area contributed by atoms with Gasteiger partial charge in [-0.25, -0.2) is 4.39 Å². The summed E-state index contributed by atoms with van der Waals surface area (Å²) in [6.45, 7) is 2.58. The third kappa shape index (κ3) is 7.35. The Bertz CT molecular complexity index is 646. The van der Waals surface area contributed by atoms with Gasteiger partial charge in [-0.05, 0) is 24.5 Å². The second kappa shape index (κ2) is 11.2. The van der Waals surface area contributed by atoms with E-state index in [9.17, 15) is 4.39 Å². The number of hydrogen-bond donors (Lipinski definition) is 2. The molecule has 4 nitrogen and oxygen atoms in total. The molecule has 0 unspecified atom stereocenters. The van der Waals surface area contributed by atoms with Gasteiger partial charge in [0.05, 0.1) is 6.61 Å². The molecule has 2 N–H and O–H groups in total. The number of benzene rings is 2. The van der Waals surface area contributed by atoms with Crippen LogP contribution in [-0.2, 0) is 17.7 Å². The first-order valence-electron chi connectivity index (χ1n) is 8.59. The minimum absolute atomic E-state index is 0.211. The van der Waals surface area contributed by atoms with E-state index in [0.717, 1.165) is 26.0 Å². The van der Waals surface area contributed by atoms with Crippen molar-refractivity contribution in [3.63, 3.8) is 0 Å². The Morgan fingerprint density at radius 3 is 2.52 bits per heavy atom. The van der Waals surface area contributed by atoms with Gasteiger partial charge in [0.25, 0.3) is 0 Å². The van der Waals surface area contributed by atoms with Gasteiger partial charge in [0.1, 0.15) is 5.82 Å². The molecule has 0 amide bonds. The van der Waals surface area contributed by atoms with E-state index in [1.54, 1.807) is 19.2 Å². The predicted octanol–water partition coefficient (Wildman–Crippen LogP) is 3.14. The molecule has 2 aromatic rings. The topological polar surface area (TPSA) is 45.7 Å². The molecule has 0 radical (unpaired) electrons. The molecule has 5 heteroatoms. The van der Waals surface area contributed by atoms with Gasteiger partial charge in [-0.1, -0.05) is 48.5 Å². The van der Waals surface area contributed by atoms with Crippen LogP contribution in [0.2, 0.25) is 0 Å². The molecule has 2 rings (SSSR count). The summed E-state index contributed by atoms with van der Waals surface area (Å²) in [6, 6.07) is 17.0. The van der Waals surface area contributed by atoms with E-state index in [2.05, 4.69) is 27.8 Å². The molecule has 2 aromatic carbocycles. The van der Waals surface area contributed by atoms with Crippen LogP contribution in [0.15, 0.2) is 59.6 Å². The lowest BCUT2D eigenvalue weighted by Gasteiger charge is -2.12. The second-order valence-electron chi connectivity index (χ2n) is 5.65. The highest BCUT2D eigenvalue weighted by Gasteiger charge is 2.02. The van der Waals surface area contributed by atoms with Crippen molar-refractivity contribution < 1.29 is 9.13 Å². The Balaban J connectivity index is 1.55. The molecule has 0 aliphatic heterocycles. The third-order valence-electron chi connectivity index (χ3n) is 3.76. The highest BCUT2D eigenvalue weighted by Crippen LogP contribution is 2.05. The van der Waals surface area contributed by atoms with E-state index < -0.39 is 0 Å². The minimum atomic E-state index is -0.211. The molecule has 0 aromatic heterocycles. The largest absolute Gasteiger partial charge is 0.381 e. The molecule has 134 valence electrons. The van der Waals surface area contributed by atoms with Crippen LogP contribution in [0, 0.1) is 5.82 Å². The average Bonchev–Trinajstić information content (AvgIpc) is 2.65. The first-order chi connectivity index (χ1) is 12.3. The first-order valence-corrected chi connectivity index (χ1v) is 8.59. The molecule has 0 aliphatic rings. The lowest BCUT2D eigenvalue weighted by molar-refractivity contribution is 0.135. The van der Waals surface area contributed by atoms with Crippen molar-refractivity contribution in [1.82, 2.24) is 10.6 Å². The van der Waals surface area contributed by atoms with Crippen molar-refractivity contribution in [3.05, 3.63) is 71.5 Å². The lowest BCUT2D eigenvalue weighted by atomic mass is 10.2. The van der Waals surface area contributed by atoms with Crippen LogP contribution in [-0.4, -0.2) is 32.8 Å². The van der Waals surface area contributed by atoms with Crippen LogP contribution in [0.25, 0.3) is 0 Å². The lowest BCUT2D eigenvalue weighted by Crippen LogP contribution is -2.37. The summed E-state index contributed by atoms with van der Waals surface area (Å²) in [5, 5.41) is 6.31. The fourth-order valence-electron chi connectivity index (χ4n) is 2.36. The van der Waals surface area contributed by atoms with E-state index in [4.69, 9.17) is 4.74 Å². The molecule has 0 saturated heterocycles. The van der Waals surface area contributed by atoms with Gasteiger partial charge in [0, 0.05) is 32.3 Å². The number of aliphatic imine (C=N–C) groups is 1. The molecule has 0 spiro atoms. The third-order valence-corrected chi connectivity index (χ3v) is 3.76. The summed E-state index contributed by atoms with van der Waals surface area (Å²) in [6.07, 6.45) is 1.81. The molecule has 0 fully saturated rings. The number of halogens is 1. The second-order valence-corrected chi connectivity index (χ2v) is 5.65. The maximum Gasteiger partial charge on any atom is 0.191 e. The summed E-state index contributed by atoms with van der Waals surface area (Å²) < 4.78 is 19.2. The monoisotopic (exact) mass is 343 g/mol. The number of hydrogen-bond acceptors (Lipinski definition) is 2. The fraction of sp³-hybridized carbons (Fsp3) is 0.350. The highest BCUT2D eigenvalue weighted by molar-refractivity contribution is 5.79. The maximum absolute atomic E-state index is 13.6.